The summed E-state index contributed by atoms with van der Waals surface area (Å²) in [7, 11) is 0. The highest BCUT2D eigenvalue weighted by Crippen LogP contribution is 2.31. The van der Waals surface area contributed by atoms with E-state index in [9.17, 15) is 27.2 Å². The second-order valence-corrected chi connectivity index (χ2v) is 4.12. The molecule has 2 amide bonds. The summed E-state index contributed by atoms with van der Waals surface area (Å²) in [6.45, 7) is 1.74. The highest BCUT2D eigenvalue weighted by molar-refractivity contribution is 6.21. The molecule has 0 N–H and O–H groups in total. The highest BCUT2D eigenvalue weighted by Gasteiger charge is 2.43. The fourth-order valence-electron chi connectivity index (χ4n) is 1.91. The van der Waals surface area contributed by atoms with Crippen LogP contribution in [-0.4, -0.2) is 23.3 Å². The van der Waals surface area contributed by atoms with Crippen LogP contribution in [0.15, 0.2) is 0 Å². The molecule has 1 aliphatic heterocycles. The van der Waals surface area contributed by atoms with Crippen LogP contribution in [0.3, 0.4) is 0 Å². The third-order valence-electron chi connectivity index (χ3n) is 2.92. The van der Waals surface area contributed by atoms with Crippen molar-refractivity contribution >= 4 is 11.8 Å². The molecule has 0 aromatic heterocycles. The van der Waals surface area contributed by atoms with E-state index in [1.807, 2.05) is 0 Å². The summed E-state index contributed by atoms with van der Waals surface area (Å²) in [5.41, 5.74) is -2.06. The number of carbonyl (C=O) groups is 2. The van der Waals surface area contributed by atoms with Crippen LogP contribution >= 0.6 is 0 Å². The van der Waals surface area contributed by atoms with E-state index < -0.39 is 46.2 Å². The lowest BCUT2D eigenvalue weighted by atomic mass is 10.1. The zero-order valence-corrected chi connectivity index (χ0v) is 9.90. The van der Waals surface area contributed by atoms with Crippen molar-refractivity contribution in [3.05, 3.63) is 34.4 Å². The van der Waals surface area contributed by atoms with Crippen molar-refractivity contribution in [1.29, 1.82) is 0 Å². The van der Waals surface area contributed by atoms with Gasteiger partial charge in [-0.15, -0.1) is 0 Å². The number of nitrogens with zero attached hydrogens (tertiary/aromatic N) is 1. The van der Waals surface area contributed by atoms with E-state index in [-0.39, 0.29) is 6.54 Å². The van der Waals surface area contributed by atoms with Crippen molar-refractivity contribution in [2.45, 2.75) is 19.8 Å². The number of carbonyl (C=O) groups excluding carboxylic acids is 2. The summed E-state index contributed by atoms with van der Waals surface area (Å²) in [6.07, 6.45) is 1.07. The Morgan fingerprint density at radius 3 is 1.63 bits per heavy atom. The van der Waals surface area contributed by atoms with E-state index in [1.54, 1.807) is 6.92 Å². The zero-order valence-electron chi connectivity index (χ0n) is 9.90. The molecule has 0 radical (unpaired) electrons. The molecule has 3 nitrogen and oxygen atoms in total. The van der Waals surface area contributed by atoms with Crippen molar-refractivity contribution in [1.82, 2.24) is 4.90 Å². The first-order valence-corrected chi connectivity index (χ1v) is 5.63. The molecule has 0 saturated heterocycles. The standard InChI is InChI=1S/C12H9F4NO2/c1-2-3-4-17-11(18)5-6(12(17)19)8(14)10(16)9(15)7(5)13/h2-4H2,1H3. The lowest BCUT2D eigenvalue weighted by Gasteiger charge is -2.12. The van der Waals surface area contributed by atoms with E-state index in [0.29, 0.717) is 17.7 Å². The maximum absolute atomic E-state index is 13.5. The lowest BCUT2D eigenvalue weighted by Crippen LogP contribution is -2.30. The topological polar surface area (TPSA) is 37.4 Å². The molecule has 0 unspecified atom stereocenters. The summed E-state index contributed by atoms with van der Waals surface area (Å²) in [4.78, 5) is 24.1. The van der Waals surface area contributed by atoms with E-state index in [2.05, 4.69) is 0 Å². The fraction of sp³-hybridized carbons (Fsp3) is 0.333. The second-order valence-electron chi connectivity index (χ2n) is 4.12. The normalized spacial score (nSPS) is 14.3. The summed E-state index contributed by atoms with van der Waals surface area (Å²) in [5, 5.41) is 0. The molecule has 0 aliphatic carbocycles. The molecule has 1 aromatic carbocycles. The number of imide groups is 1. The van der Waals surface area contributed by atoms with Crippen molar-refractivity contribution in [2.75, 3.05) is 6.54 Å². The zero-order chi connectivity index (χ0) is 14.3. The van der Waals surface area contributed by atoms with Gasteiger partial charge in [0.05, 0.1) is 11.1 Å². The third kappa shape index (κ3) is 1.80. The lowest BCUT2D eigenvalue weighted by molar-refractivity contribution is 0.0649. The molecule has 19 heavy (non-hydrogen) atoms. The Labute approximate surface area is 105 Å². The smallest absolute Gasteiger partial charge is 0.264 e. The fourth-order valence-corrected chi connectivity index (χ4v) is 1.91. The second kappa shape index (κ2) is 4.64. The summed E-state index contributed by atoms with van der Waals surface area (Å²) < 4.78 is 53.1. The number of unbranched alkanes of at least 4 members (excludes halogenated alkanes) is 1. The van der Waals surface area contributed by atoms with Gasteiger partial charge in [0, 0.05) is 6.54 Å². The third-order valence-corrected chi connectivity index (χ3v) is 2.92. The van der Waals surface area contributed by atoms with Crippen LogP contribution in [-0.2, 0) is 0 Å². The first kappa shape index (κ1) is 13.5. The van der Waals surface area contributed by atoms with Gasteiger partial charge < -0.3 is 0 Å². The number of benzene rings is 1. The van der Waals surface area contributed by atoms with E-state index in [0.717, 1.165) is 0 Å². The first-order chi connectivity index (χ1) is 8.91. The number of fused-ring (bicyclic) bond motifs is 1. The molecule has 2 rings (SSSR count). The quantitative estimate of drug-likeness (QED) is 0.368. The van der Waals surface area contributed by atoms with Gasteiger partial charge in [-0.2, -0.15) is 0 Å². The summed E-state index contributed by atoms with van der Waals surface area (Å²) in [5.74, 6) is -10.1. The molecular weight excluding hydrogens is 266 g/mol. The molecule has 102 valence electrons. The summed E-state index contributed by atoms with van der Waals surface area (Å²) in [6, 6.07) is 0. The minimum absolute atomic E-state index is 0.0506. The van der Waals surface area contributed by atoms with Crippen LogP contribution in [0.1, 0.15) is 40.5 Å². The molecule has 0 fully saturated rings. The highest BCUT2D eigenvalue weighted by atomic mass is 19.2. The SMILES string of the molecule is CCCCN1C(=O)c2c(F)c(F)c(F)c(F)c2C1=O. The molecule has 7 heteroatoms. The number of hydrogen-bond acceptors (Lipinski definition) is 2. The minimum atomic E-state index is -2.09. The largest absolute Gasteiger partial charge is 0.274 e. The van der Waals surface area contributed by atoms with E-state index in [4.69, 9.17) is 0 Å². The number of hydrogen-bond donors (Lipinski definition) is 0. The molecule has 0 bridgehead atoms. The Morgan fingerprint density at radius 1 is 0.842 bits per heavy atom. The molecule has 0 spiro atoms. The maximum atomic E-state index is 13.5. The van der Waals surface area contributed by atoms with Gasteiger partial charge in [0.2, 0.25) is 0 Å². The number of halogens is 4. The van der Waals surface area contributed by atoms with Gasteiger partial charge >= 0.3 is 0 Å². The Balaban J connectivity index is 2.59. The average Bonchev–Trinajstić information content (AvgIpc) is 2.63. The summed E-state index contributed by atoms with van der Waals surface area (Å²) >= 11 is 0. The van der Waals surface area contributed by atoms with Crippen LogP contribution in [0, 0.1) is 23.3 Å². The molecule has 1 heterocycles. The van der Waals surface area contributed by atoms with Crippen molar-refractivity contribution in [3.63, 3.8) is 0 Å². The predicted octanol–water partition coefficient (Wildman–Crippen LogP) is 2.64. The minimum Gasteiger partial charge on any atom is -0.274 e. The van der Waals surface area contributed by atoms with Gasteiger partial charge in [-0.25, -0.2) is 17.6 Å². The molecular formula is C12H9F4NO2. The molecule has 1 aromatic rings. The van der Waals surface area contributed by atoms with Gasteiger partial charge in [-0.1, -0.05) is 13.3 Å². The van der Waals surface area contributed by atoms with Gasteiger partial charge in [0.1, 0.15) is 0 Å². The van der Waals surface area contributed by atoms with Gasteiger partial charge in [-0.3, -0.25) is 14.5 Å². The monoisotopic (exact) mass is 275 g/mol. The maximum Gasteiger partial charge on any atom is 0.264 e. The van der Waals surface area contributed by atoms with Gasteiger partial charge in [-0.05, 0) is 6.42 Å². The van der Waals surface area contributed by atoms with Crippen LogP contribution in [0.2, 0.25) is 0 Å². The van der Waals surface area contributed by atoms with Crippen LogP contribution < -0.4 is 0 Å². The molecule has 0 atom stereocenters. The van der Waals surface area contributed by atoms with Crippen molar-refractivity contribution < 1.29 is 27.2 Å². The number of amides is 2. The Hall–Kier alpha value is -1.92. The van der Waals surface area contributed by atoms with Crippen molar-refractivity contribution in [3.8, 4) is 0 Å². The predicted molar refractivity (Wildman–Crippen MR) is 56.5 cm³/mol. The van der Waals surface area contributed by atoms with Gasteiger partial charge in [0.15, 0.2) is 23.3 Å². The Kier molecular flexibility index (Phi) is 3.30. The number of rotatable bonds is 3. The first-order valence-electron chi connectivity index (χ1n) is 5.63. The molecule has 0 saturated carbocycles. The Morgan fingerprint density at radius 2 is 1.26 bits per heavy atom. The van der Waals surface area contributed by atoms with Crippen LogP contribution in [0.5, 0.6) is 0 Å². The van der Waals surface area contributed by atoms with Crippen molar-refractivity contribution in [2.24, 2.45) is 0 Å². The average molecular weight is 275 g/mol. The van der Waals surface area contributed by atoms with Crippen LogP contribution in [0.25, 0.3) is 0 Å². The van der Waals surface area contributed by atoms with E-state index in [1.165, 1.54) is 0 Å². The van der Waals surface area contributed by atoms with E-state index >= 15 is 0 Å². The van der Waals surface area contributed by atoms with Gasteiger partial charge in [0.25, 0.3) is 11.8 Å². The van der Waals surface area contributed by atoms with Crippen LogP contribution in [0.4, 0.5) is 17.6 Å². The Bertz CT molecular complexity index is 539. The molecule has 1 aliphatic rings.